The summed E-state index contributed by atoms with van der Waals surface area (Å²) >= 11 is 2.08. The highest BCUT2D eigenvalue weighted by Gasteiger charge is 2.23. The van der Waals surface area contributed by atoms with E-state index in [0.29, 0.717) is 5.56 Å². The third-order valence-corrected chi connectivity index (χ3v) is 3.17. The number of rotatable bonds is 3. The molecule has 0 radical (unpaired) electrons. The molecule has 1 N–H and O–H groups in total. The molecule has 1 aromatic carbocycles. The molecule has 4 nitrogen and oxygen atoms in total. The van der Waals surface area contributed by atoms with Gasteiger partial charge >= 0.3 is 5.97 Å². The highest BCUT2D eigenvalue weighted by molar-refractivity contribution is 14.1. The van der Waals surface area contributed by atoms with E-state index in [0.717, 1.165) is 3.57 Å². The van der Waals surface area contributed by atoms with Gasteiger partial charge in [0.05, 0.1) is 5.56 Å². The van der Waals surface area contributed by atoms with E-state index >= 15 is 0 Å². The predicted molar refractivity (Wildman–Crippen MR) is 81.9 cm³/mol. The van der Waals surface area contributed by atoms with Crippen molar-refractivity contribution in [1.82, 2.24) is 5.32 Å². The lowest BCUT2D eigenvalue weighted by molar-refractivity contribution is -0.156. The molecule has 0 unspecified atom stereocenters. The first kappa shape index (κ1) is 15.9. The molecule has 5 heteroatoms. The van der Waals surface area contributed by atoms with Crippen molar-refractivity contribution in [2.24, 2.45) is 0 Å². The molecule has 104 valence electrons. The lowest BCUT2D eigenvalue weighted by Crippen LogP contribution is -2.42. The van der Waals surface area contributed by atoms with Crippen molar-refractivity contribution in [3.8, 4) is 0 Å². The Kier molecular flexibility index (Phi) is 5.34. The predicted octanol–water partition coefficient (Wildman–Crippen LogP) is 2.75. The number of carbonyl (C=O) groups excluding carboxylic acids is 2. The van der Waals surface area contributed by atoms with Gasteiger partial charge in [-0.3, -0.25) is 4.79 Å². The largest absolute Gasteiger partial charge is 0.458 e. The number of carbonyl (C=O) groups is 2. The van der Waals surface area contributed by atoms with Gasteiger partial charge in [0, 0.05) is 3.57 Å². The van der Waals surface area contributed by atoms with Crippen LogP contribution in [-0.2, 0) is 9.53 Å². The summed E-state index contributed by atoms with van der Waals surface area (Å²) in [5.74, 6) is -0.713. The number of nitrogens with one attached hydrogen (secondary N) is 1. The van der Waals surface area contributed by atoms with Gasteiger partial charge in [-0.15, -0.1) is 0 Å². The van der Waals surface area contributed by atoms with Crippen molar-refractivity contribution in [2.75, 3.05) is 0 Å². The molecule has 1 aromatic rings. The van der Waals surface area contributed by atoms with E-state index in [2.05, 4.69) is 27.9 Å². The number of benzene rings is 1. The van der Waals surface area contributed by atoms with E-state index in [1.165, 1.54) is 0 Å². The molecule has 0 spiro atoms. The first-order valence-electron chi connectivity index (χ1n) is 5.99. The van der Waals surface area contributed by atoms with Crippen molar-refractivity contribution in [3.05, 3.63) is 33.4 Å². The molecule has 0 aliphatic rings. The molecule has 0 fully saturated rings. The van der Waals surface area contributed by atoms with Gasteiger partial charge in [-0.05, 0) is 62.4 Å². The van der Waals surface area contributed by atoms with Gasteiger partial charge in [0.25, 0.3) is 5.91 Å². The summed E-state index contributed by atoms with van der Waals surface area (Å²) < 4.78 is 6.05. The topological polar surface area (TPSA) is 55.4 Å². The summed E-state index contributed by atoms with van der Waals surface area (Å²) in [7, 11) is 0. The van der Waals surface area contributed by atoms with Gasteiger partial charge in [0.1, 0.15) is 11.6 Å². The van der Waals surface area contributed by atoms with E-state index in [4.69, 9.17) is 4.74 Å². The van der Waals surface area contributed by atoms with Crippen LogP contribution in [0.15, 0.2) is 24.3 Å². The molecule has 0 aromatic heterocycles. The Morgan fingerprint density at radius 1 is 1.26 bits per heavy atom. The van der Waals surface area contributed by atoms with Crippen molar-refractivity contribution >= 4 is 34.5 Å². The third-order valence-electron chi connectivity index (χ3n) is 2.23. The highest BCUT2D eigenvalue weighted by Crippen LogP contribution is 2.12. The number of hydrogen-bond donors (Lipinski definition) is 1. The van der Waals surface area contributed by atoms with Gasteiger partial charge in [0.2, 0.25) is 0 Å². The Morgan fingerprint density at radius 3 is 2.37 bits per heavy atom. The zero-order valence-electron chi connectivity index (χ0n) is 11.5. The molecular formula is C14H18INO3. The number of esters is 1. The second kappa shape index (κ2) is 6.36. The maximum Gasteiger partial charge on any atom is 0.328 e. The first-order chi connectivity index (χ1) is 8.70. The SMILES string of the molecule is C[C@H](NC(=O)c1ccccc1I)C(=O)OC(C)(C)C. The van der Waals surface area contributed by atoms with Gasteiger partial charge in [0.15, 0.2) is 0 Å². The molecule has 0 aliphatic carbocycles. The van der Waals surface area contributed by atoms with Gasteiger partial charge < -0.3 is 10.1 Å². The lowest BCUT2D eigenvalue weighted by atomic mass is 10.2. The monoisotopic (exact) mass is 375 g/mol. The van der Waals surface area contributed by atoms with E-state index in [1.807, 2.05) is 12.1 Å². The van der Waals surface area contributed by atoms with Crippen LogP contribution < -0.4 is 5.32 Å². The van der Waals surface area contributed by atoms with Crippen molar-refractivity contribution < 1.29 is 14.3 Å². The van der Waals surface area contributed by atoms with E-state index in [-0.39, 0.29) is 5.91 Å². The van der Waals surface area contributed by atoms with Crippen LogP contribution >= 0.6 is 22.6 Å². The highest BCUT2D eigenvalue weighted by atomic mass is 127. The van der Waals surface area contributed by atoms with Crippen molar-refractivity contribution in [2.45, 2.75) is 39.3 Å². The maximum atomic E-state index is 12.0. The van der Waals surface area contributed by atoms with Crippen LogP contribution in [-0.4, -0.2) is 23.5 Å². The number of amides is 1. The van der Waals surface area contributed by atoms with Crippen molar-refractivity contribution in [3.63, 3.8) is 0 Å². The van der Waals surface area contributed by atoms with Crippen LogP contribution in [0.25, 0.3) is 0 Å². The molecule has 1 atom stereocenters. The minimum Gasteiger partial charge on any atom is -0.458 e. The van der Waals surface area contributed by atoms with E-state index < -0.39 is 17.6 Å². The Hall–Kier alpha value is -1.11. The first-order valence-corrected chi connectivity index (χ1v) is 7.07. The average Bonchev–Trinajstić information content (AvgIpc) is 2.27. The fraction of sp³-hybridized carbons (Fsp3) is 0.429. The van der Waals surface area contributed by atoms with Gasteiger partial charge in [-0.1, -0.05) is 12.1 Å². The molecular weight excluding hydrogens is 357 g/mol. The van der Waals surface area contributed by atoms with Crippen LogP contribution in [0.2, 0.25) is 0 Å². The lowest BCUT2D eigenvalue weighted by Gasteiger charge is -2.22. The summed E-state index contributed by atoms with van der Waals surface area (Å²) in [6, 6.07) is 6.53. The molecule has 1 amide bonds. The summed E-state index contributed by atoms with van der Waals surface area (Å²) in [5, 5.41) is 2.64. The van der Waals surface area contributed by atoms with E-state index in [9.17, 15) is 9.59 Å². The Morgan fingerprint density at radius 2 is 1.84 bits per heavy atom. The minimum atomic E-state index is -0.678. The molecule has 0 bridgehead atoms. The molecule has 19 heavy (non-hydrogen) atoms. The number of halogens is 1. The normalized spacial score (nSPS) is 12.7. The summed E-state index contributed by atoms with van der Waals surface area (Å²) in [4.78, 5) is 23.8. The van der Waals surface area contributed by atoms with Crippen LogP contribution in [0, 0.1) is 3.57 Å². The van der Waals surface area contributed by atoms with Gasteiger partial charge in [-0.2, -0.15) is 0 Å². The zero-order chi connectivity index (χ0) is 14.6. The summed E-state index contributed by atoms with van der Waals surface area (Å²) in [6.07, 6.45) is 0. The minimum absolute atomic E-state index is 0.275. The van der Waals surface area contributed by atoms with E-state index in [1.54, 1.807) is 39.8 Å². The molecule has 1 rings (SSSR count). The van der Waals surface area contributed by atoms with Crippen LogP contribution in [0.4, 0.5) is 0 Å². The average molecular weight is 375 g/mol. The summed E-state index contributed by atoms with van der Waals surface area (Å²) in [6.45, 7) is 6.99. The fourth-order valence-electron chi connectivity index (χ4n) is 1.37. The molecule has 0 aliphatic heterocycles. The molecule has 0 saturated heterocycles. The maximum absolute atomic E-state index is 12.0. The van der Waals surface area contributed by atoms with Gasteiger partial charge in [-0.25, -0.2) is 4.79 Å². The number of ether oxygens (including phenoxy) is 1. The fourth-order valence-corrected chi connectivity index (χ4v) is 2.00. The Labute approximate surface area is 127 Å². The third kappa shape index (κ3) is 5.18. The van der Waals surface area contributed by atoms with Crippen LogP contribution in [0.3, 0.4) is 0 Å². The summed E-state index contributed by atoms with van der Waals surface area (Å²) in [5.41, 5.74) is -0.00412. The molecule has 0 heterocycles. The Balaban J connectivity index is 2.67. The second-order valence-corrected chi connectivity index (χ2v) is 6.37. The Bertz CT molecular complexity index is 480. The second-order valence-electron chi connectivity index (χ2n) is 5.21. The quantitative estimate of drug-likeness (QED) is 0.653. The molecule has 0 saturated carbocycles. The van der Waals surface area contributed by atoms with Crippen molar-refractivity contribution in [1.29, 1.82) is 0 Å². The zero-order valence-corrected chi connectivity index (χ0v) is 13.6. The smallest absolute Gasteiger partial charge is 0.328 e. The standard InChI is InChI=1S/C14H18INO3/c1-9(13(18)19-14(2,3)4)16-12(17)10-7-5-6-8-11(10)15/h5-9H,1-4H3,(H,16,17)/t9-/m0/s1. The van der Waals surface area contributed by atoms with Crippen LogP contribution in [0.5, 0.6) is 0 Å². The number of hydrogen-bond acceptors (Lipinski definition) is 3. The van der Waals surface area contributed by atoms with Crippen LogP contribution in [0.1, 0.15) is 38.1 Å².